The van der Waals surface area contributed by atoms with Crippen molar-refractivity contribution >= 4 is 17.7 Å². The van der Waals surface area contributed by atoms with Gasteiger partial charge < -0.3 is 19.2 Å². The zero-order chi connectivity index (χ0) is 18.4. The van der Waals surface area contributed by atoms with Crippen LogP contribution in [0.3, 0.4) is 0 Å². The molecule has 1 aromatic carbocycles. The van der Waals surface area contributed by atoms with Crippen LogP contribution in [0.2, 0.25) is 0 Å². The highest BCUT2D eigenvalue weighted by Gasteiger charge is 2.11. The van der Waals surface area contributed by atoms with Crippen molar-refractivity contribution in [3.63, 3.8) is 0 Å². The number of thioether (sulfide) groups is 1. The number of hydrogen-bond acceptors (Lipinski definition) is 7. The fourth-order valence-corrected chi connectivity index (χ4v) is 3.14. The molecule has 0 fully saturated rings. The number of methoxy groups -OCH3 is 3. The number of carbonyl (C=O) groups is 1. The van der Waals surface area contributed by atoms with Gasteiger partial charge >= 0.3 is 5.97 Å². The lowest BCUT2D eigenvalue weighted by Crippen LogP contribution is -2.13. The Kier molecular flexibility index (Phi) is 6.46. The van der Waals surface area contributed by atoms with E-state index in [1.807, 2.05) is 19.1 Å². The highest BCUT2D eigenvalue weighted by Crippen LogP contribution is 2.32. The van der Waals surface area contributed by atoms with Crippen LogP contribution >= 0.6 is 11.8 Å². The molecule has 0 saturated heterocycles. The Hall–Kier alpha value is -2.48. The summed E-state index contributed by atoms with van der Waals surface area (Å²) in [6.45, 7) is 1.97. The van der Waals surface area contributed by atoms with Gasteiger partial charge in [0.1, 0.15) is 0 Å². The minimum Gasteiger partial charge on any atom is -0.493 e. The lowest BCUT2D eigenvalue weighted by Gasteiger charge is -2.12. The van der Waals surface area contributed by atoms with Gasteiger partial charge in [0.2, 0.25) is 0 Å². The molecule has 0 atom stereocenters. The topological polar surface area (TPSA) is 90.5 Å². The van der Waals surface area contributed by atoms with Gasteiger partial charge in [0, 0.05) is 11.8 Å². The van der Waals surface area contributed by atoms with Crippen molar-refractivity contribution in [2.24, 2.45) is 0 Å². The summed E-state index contributed by atoms with van der Waals surface area (Å²) in [5, 5.41) is 0.445. The van der Waals surface area contributed by atoms with E-state index in [1.54, 1.807) is 14.2 Å². The van der Waals surface area contributed by atoms with Crippen LogP contribution in [0.15, 0.2) is 28.2 Å². The van der Waals surface area contributed by atoms with E-state index in [9.17, 15) is 9.59 Å². The molecule has 1 aromatic heterocycles. The molecule has 2 aromatic rings. The van der Waals surface area contributed by atoms with Gasteiger partial charge in [-0.3, -0.25) is 9.59 Å². The van der Waals surface area contributed by atoms with Gasteiger partial charge in [0.15, 0.2) is 16.7 Å². The number of aromatic amines is 1. The summed E-state index contributed by atoms with van der Waals surface area (Å²) >= 11 is 1.37. The van der Waals surface area contributed by atoms with E-state index >= 15 is 0 Å². The molecule has 0 amide bonds. The zero-order valence-electron chi connectivity index (χ0n) is 14.5. The van der Waals surface area contributed by atoms with Crippen LogP contribution < -0.4 is 15.0 Å². The van der Waals surface area contributed by atoms with E-state index in [4.69, 9.17) is 9.47 Å². The summed E-state index contributed by atoms with van der Waals surface area (Å²) in [7, 11) is 4.47. The molecule has 0 spiro atoms. The molecule has 0 radical (unpaired) electrons. The van der Waals surface area contributed by atoms with E-state index < -0.39 is 5.97 Å². The van der Waals surface area contributed by atoms with Crippen molar-refractivity contribution in [1.82, 2.24) is 9.97 Å². The molecule has 0 saturated carbocycles. The second kappa shape index (κ2) is 8.57. The minimum atomic E-state index is -0.440. The maximum Gasteiger partial charge on any atom is 0.311 e. The first-order valence-electron chi connectivity index (χ1n) is 7.48. The van der Waals surface area contributed by atoms with Gasteiger partial charge in [0.05, 0.1) is 33.4 Å². The molecule has 0 unspecified atom stereocenters. The molecule has 8 heteroatoms. The summed E-state index contributed by atoms with van der Waals surface area (Å²) in [6.07, 6.45) is -0.0383. The van der Waals surface area contributed by atoms with Crippen molar-refractivity contribution in [3.05, 3.63) is 45.4 Å². The monoisotopic (exact) mass is 364 g/mol. The summed E-state index contributed by atoms with van der Waals surface area (Å²) in [4.78, 5) is 30.1. The van der Waals surface area contributed by atoms with Crippen LogP contribution in [0, 0.1) is 6.92 Å². The van der Waals surface area contributed by atoms with Crippen molar-refractivity contribution in [3.8, 4) is 11.5 Å². The van der Waals surface area contributed by atoms with Gasteiger partial charge in [0.25, 0.3) is 5.56 Å². The molecular weight excluding hydrogens is 344 g/mol. The minimum absolute atomic E-state index is 0.0383. The normalized spacial score (nSPS) is 10.4. The fourth-order valence-electron chi connectivity index (χ4n) is 2.19. The maximum absolute atomic E-state index is 11.7. The lowest BCUT2D eigenvalue weighted by molar-refractivity contribution is -0.139. The van der Waals surface area contributed by atoms with E-state index in [2.05, 4.69) is 14.7 Å². The standard InChI is InChI=1S/C17H20N2O5S/c1-10-5-13(22-2)14(23-3)6-11(10)9-25-17-18-12(7-15(20)19-17)8-16(21)24-4/h5-7H,8-9H2,1-4H3,(H,18,19,20). The third kappa shape index (κ3) is 4.99. The van der Waals surface area contributed by atoms with Crippen LogP contribution in [-0.2, 0) is 21.7 Å². The number of benzene rings is 1. The highest BCUT2D eigenvalue weighted by molar-refractivity contribution is 7.98. The van der Waals surface area contributed by atoms with Crippen molar-refractivity contribution in [2.45, 2.75) is 24.3 Å². The van der Waals surface area contributed by atoms with Crippen LogP contribution in [0.1, 0.15) is 16.8 Å². The number of H-pyrrole nitrogens is 1. The maximum atomic E-state index is 11.7. The number of aryl methyl sites for hydroxylation is 1. The second-order valence-corrected chi connectivity index (χ2v) is 6.18. The molecule has 1 N–H and O–H groups in total. The Bertz CT molecular complexity index is 819. The number of carbonyl (C=O) groups excluding carboxylic acids is 1. The highest BCUT2D eigenvalue weighted by atomic mass is 32.2. The molecular formula is C17H20N2O5S. The van der Waals surface area contributed by atoms with Crippen molar-refractivity contribution < 1.29 is 19.0 Å². The van der Waals surface area contributed by atoms with E-state index in [0.29, 0.717) is 28.1 Å². The zero-order valence-corrected chi connectivity index (χ0v) is 15.4. The predicted molar refractivity (Wildman–Crippen MR) is 94.4 cm³/mol. The smallest absolute Gasteiger partial charge is 0.311 e. The van der Waals surface area contributed by atoms with Gasteiger partial charge in [-0.05, 0) is 30.2 Å². The Morgan fingerprint density at radius 3 is 2.48 bits per heavy atom. The number of esters is 1. The Morgan fingerprint density at radius 1 is 1.16 bits per heavy atom. The predicted octanol–water partition coefficient (Wildman–Crippen LogP) is 2.10. The number of nitrogens with zero attached hydrogens (tertiary/aromatic N) is 1. The van der Waals surface area contributed by atoms with Gasteiger partial charge in [-0.1, -0.05) is 11.8 Å². The Balaban J connectivity index is 2.18. The second-order valence-electron chi connectivity index (χ2n) is 5.22. The first-order valence-corrected chi connectivity index (χ1v) is 8.46. The van der Waals surface area contributed by atoms with Crippen molar-refractivity contribution in [1.29, 1.82) is 0 Å². The van der Waals surface area contributed by atoms with Gasteiger partial charge in [-0.15, -0.1) is 0 Å². The third-order valence-corrected chi connectivity index (χ3v) is 4.45. The average molecular weight is 364 g/mol. The van der Waals surface area contributed by atoms with E-state index in [-0.39, 0.29) is 12.0 Å². The fraction of sp³-hybridized carbons (Fsp3) is 0.353. The van der Waals surface area contributed by atoms with Gasteiger partial charge in [-0.25, -0.2) is 4.98 Å². The molecule has 0 aliphatic rings. The van der Waals surface area contributed by atoms with Crippen LogP contribution in [0.5, 0.6) is 11.5 Å². The third-order valence-electron chi connectivity index (χ3n) is 3.53. The molecule has 1 heterocycles. The molecule has 0 aliphatic heterocycles. The number of rotatable bonds is 7. The number of nitrogens with one attached hydrogen (secondary N) is 1. The first-order chi connectivity index (χ1) is 12.0. The molecule has 7 nitrogen and oxygen atoms in total. The molecule has 25 heavy (non-hydrogen) atoms. The first kappa shape index (κ1) is 18.9. The largest absolute Gasteiger partial charge is 0.493 e. The van der Waals surface area contributed by atoms with Crippen LogP contribution in [-0.4, -0.2) is 37.3 Å². The van der Waals surface area contributed by atoms with Crippen LogP contribution in [0.25, 0.3) is 0 Å². The SMILES string of the molecule is COC(=O)Cc1cc(=O)[nH]c(SCc2cc(OC)c(OC)cc2C)n1. The number of aromatic nitrogens is 2. The lowest BCUT2D eigenvalue weighted by atomic mass is 10.1. The number of ether oxygens (including phenoxy) is 3. The van der Waals surface area contributed by atoms with Gasteiger partial charge in [-0.2, -0.15) is 0 Å². The Morgan fingerprint density at radius 2 is 1.84 bits per heavy atom. The molecule has 0 aliphatic carbocycles. The molecule has 2 rings (SSSR count). The Labute approximate surface area is 149 Å². The van der Waals surface area contributed by atoms with Crippen molar-refractivity contribution in [2.75, 3.05) is 21.3 Å². The number of hydrogen-bond donors (Lipinski definition) is 1. The van der Waals surface area contributed by atoms with E-state index in [0.717, 1.165) is 11.1 Å². The van der Waals surface area contributed by atoms with E-state index in [1.165, 1.54) is 24.9 Å². The molecule has 0 bridgehead atoms. The quantitative estimate of drug-likeness (QED) is 0.457. The summed E-state index contributed by atoms with van der Waals surface area (Å²) in [5.41, 5.74) is 2.14. The molecule has 134 valence electrons. The summed E-state index contributed by atoms with van der Waals surface area (Å²) in [6, 6.07) is 5.10. The summed E-state index contributed by atoms with van der Waals surface area (Å²) in [5.74, 6) is 1.45. The average Bonchev–Trinajstić information content (AvgIpc) is 2.59. The van der Waals surface area contributed by atoms with Crippen LogP contribution in [0.4, 0.5) is 0 Å². The summed E-state index contributed by atoms with van der Waals surface area (Å²) < 4.78 is 15.2.